The molecule has 21 heavy (non-hydrogen) atoms. The molecule has 0 aliphatic carbocycles. The molecule has 0 amide bonds. The Balaban J connectivity index is 2.39. The van der Waals surface area contributed by atoms with Gasteiger partial charge in [-0.2, -0.15) is 0 Å². The first kappa shape index (κ1) is 16.1. The number of rotatable bonds is 4. The summed E-state index contributed by atoms with van der Waals surface area (Å²) in [6, 6.07) is 7.87. The fourth-order valence-electron chi connectivity index (χ4n) is 1.56. The van der Waals surface area contributed by atoms with Crippen molar-refractivity contribution in [3.63, 3.8) is 0 Å². The van der Waals surface area contributed by atoms with Crippen molar-refractivity contribution in [2.45, 2.75) is 4.90 Å². The van der Waals surface area contributed by atoms with Gasteiger partial charge in [0.15, 0.2) is 0 Å². The average molecular weight is 395 g/mol. The van der Waals surface area contributed by atoms with Crippen LogP contribution in [0, 0.1) is 5.82 Å². The quantitative estimate of drug-likeness (QED) is 0.851. The molecule has 0 radical (unpaired) electrons. The first-order valence-corrected chi connectivity index (χ1v) is 8.30. The molecule has 0 atom stereocenters. The monoisotopic (exact) mass is 393 g/mol. The SMILES string of the molecule is COc1ccc(F)c(NS(=O)(=O)c2ccc(Cl)c(Br)c2)c1. The first-order valence-electron chi connectivity index (χ1n) is 5.65. The Morgan fingerprint density at radius 3 is 2.57 bits per heavy atom. The van der Waals surface area contributed by atoms with Crippen molar-refractivity contribution in [2.24, 2.45) is 0 Å². The maximum atomic E-state index is 13.7. The van der Waals surface area contributed by atoms with Crippen LogP contribution in [0.2, 0.25) is 5.02 Å². The lowest BCUT2D eigenvalue weighted by Crippen LogP contribution is -2.14. The highest BCUT2D eigenvalue weighted by atomic mass is 79.9. The third-order valence-electron chi connectivity index (χ3n) is 2.62. The lowest BCUT2D eigenvalue weighted by molar-refractivity contribution is 0.414. The Hall–Kier alpha value is -1.31. The molecule has 0 unspecified atom stereocenters. The fourth-order valence-corrected chi connectivity index (χ4v) is 3.29. The van der Waals surface area contributed by atoms with Crippen molar-refractivity contribution in [3.8, 4) is 5.75 Å². The van der Waals surface area contributed by atoms with Crippen molar-refractivity contribution in [3.05, 3.63) is 51.7 Å². The average Bonchev–Trinajstić information content (AvgIpc) is 2.44. The highest BCUT2D eigenvalue weighted by Gasteiger charge is 2.18. The Morgan fingerprint density at radius 1 is 1.24 bits per heavy atom. The van der Waals surface area contributed by atoms with Gasteiger partial charge in [-0.05, 0) is 46.3 Å². The maximum absolute atomic E-state index is 13.7. The number of ether oxygens (including phenoxy) is 1. The highest BCUT2D eigenvalue weighted by Crippen LogP contribution is 2.28. The van der Waals surface area contributed by atoms with Gasteiger partial charge >= 0.3 is 0 Å². The number of hydrogen-bond donors (Lipinski definition) is 1. The van der Waals surface area contributed by atoms with E-state index in [4.69, 9.17) is 16.3 Å². The van der Waals surface area contributed by atoms with Crippen LogP contribution in [0.25, 0.3) is 0 Å². The van der Waals surface area contributed by atoms with Crippen LogP contribution in [-0.4, -0.2) is 15.5 Å². The van der Waals surface area contributed by atoms with Crippen LogP contribution in [0.4, 0.5) is 10.1 Å². The lowest BCUT2D eigenvalue weighted by Gasteiger charge is -2.11. The molecule has 2 aromatic rings. The van der Waals surface area contributed by atoms with E-state index in [1.54, 1.807) is 0 Å². The van der Waals surface area contributed by atoms with E-state index in [-0.39, 0.29) is 10.6 Å². The molecule has 0 saturated heterocycles. The second-order valence-electron chi connectivity index (χ2n) is 4.03. The third-order valence-corrected chi connectivity index (χ3v) is 5.20. The minimum atomic E-state index is -3.93. The van der Waals surface area contributed by atoms with Gasteiger partial charge in [-0.25, -0.2) is 12.8 Å². The summed E-state index contributed by atoms with van der Waals surface area (Å²) in [6.45, 7) is 0. The van der Waals surface area contributed by atoms with E-state index in [9.17, 15) is 12.8 Å². The molecule has 0 fully saturated rings. The molecule has 4 nitrogen and oxygen atoms in total. The third kappa shape index (κ3) is 3.66. The second kappa shape index (κ2) is 6.21. The van der Waals surface area contributed by atoms with E-state index in [2.05, 4.69) is 20.7 Å². The van der Waals surface area contributed by atoms with Gasteiger partial charge in [-0.1, -0.05) is 11.6 Å². The number of methoxy groups -OCH3 is 1. The molecule has 0 bridgehead atoms. The summed E-state index contributed by atoms with van der Waals surface area (Å²) in [5, 5.41) is 0.376. The minimum Gasteiger partial charge on any atom is -0.497 e. The van der Waals surface area contributed by atoms with Gasteiger partial charge in [0.1, 0.15) is 11.6 Å². The molecule has 0 aromatic heterocycles. The molecule has 2 aromatic carbocycles. The van der Waals surface area contributed by atoms with Crippen molar-refractivity contribution in [1.82, 2.24) is 0 Å². The lowest BCUT2D eigenvalue weighted by atomic mass is 10.3. The van der Waals surface area contributed by atoms with Gasteiger partial charge in [0.25, 0.3) is 10.0 Å². The summed E-state index contributed by atoms with van der Waals surface area (Å²) in [7, 11) is -2.53. The van der Waals surface area contributed by atoms with Crippen molar-refractivity contribution >= 4 is 43.2 Å². The summed E-state index contributed by atoms with van der Waals surface area (Å²) in [5.41, 5.74) is -0.194. The predicted octanol–water partition coefficient (Wildman–Crippen LogP) is 4.05. The normalized spacial score (nSPS) is 11.2. The van der Waals surface area contributed by atoms with Crippen molar-refractivity contribution < 1.29 is 17.5 Å². The van der Waals surface area contributed by atoms with E-state index in [1.165, 1.54) is 37.4 Å². The molecule has 0 spiro atoms. The molecule has 0 aliphatic rings. The van der Waals surface area contributed by atoms with Crippen molar-refractivity contribution in [2.75, 3.05) is 11.8 Å². The van der Waals surface area contributed by atoms with Crippen LogP contribution in [-0.2, 0) is 10.0 Å². The van der Waals surface area contributed by atoms with Gasteiger partial charge < -0.3 is 4.74 Å². The Kier molecular flexibility index (Phi) is 4.75. The van der Waals surface area contributed by atoms with E-state index >= 15 is 0 Å². The summed E-state index contributed by atoms with van der Waals surface area (Å²) in [5.74, 6) is -0.362. The molecule has 0 heterocycles. The van der Waals surface area contributed by atoms with Gasteiger partial charge in [0, 0.05) is 10.5 Å². The van der Waals surface area contributed by atoms with E-state index in [0.717, 1.165) is 6.07 Å². The summed E-state index contributed by atoms with van der Waals surface area (Å²) >= 11 is 8.96. The number of anilines is 1. The predicted molar refractivity (Wildman–Crippen MR) is 82.9 cm³/mol. The number of sulfonamides is 1. The van der Waals surface area contributed by atoms with E-state index in [1.807, 2.05) is 0 Å². The zero-order valence-electron chi connectivity index (χ0n) is 10.7. The maximum Gasteiger partial charge on any atom is 0.262 e. The van der Waals surface area contributed by atoms with Gasteiger partial charge in [-0.3, -0.25) is 4.72 Å². The number of halogens is 3. The molecular weight excluding hydrogens is 385 g/mol. The molecule has 0 saturated carbocycles. The zero-order chi connectivity index (χ0) is 15.6. The Labute approximate surface area is 135 Å². The van der Waals surface area contributed by atoms with Crippen LogP contribution in [0.1, 0.15) is 0 Å². The number of hydrogen-bond acceptors (Lipinski definition) is 3. The van der Waals surface area contributed by atoms with Crippen LogP contribution in [0.15, 0.2) is 45.8 Å². The highest BCUT2D eigenvalue weighted by molar-refractivity contribution is 9.10. The van der Waals surface area contributed by atoms with Gasteiger partial charge in [0.05, 0.1) is 22.7 Å². The number of nitrogens with one attached hydrogen (secondary N) is 1. The second-order valence-corrected chi connectivity index (χ2v) is 6.97. The molecule has 0 aliphatic heterocycles. The summed E-state index contributed by atoms with van der Waals surface area (Å²) in [6.07, 6.45) is 0. The Bertz CT molecular complexity index is 783. The standard InChI is InChI=1S/C13H10BrClFNO3S/c1-20-8-2-5-12(16)13(6-8)17-21(18,19)9-3-4-11(15)10(14)7-9/h2-7,17H,1H3. The van der Waals surface area contributed by atoms with Crippen LogP contribution in [0.3, 0.4) is 0 Å². The molecule has 8 heteroatoms. The molecule has 2 rings (SSSR count). The summed E-state index contributed by atoms with van der Waals surface area (Å²) in [4.78, 5) is -0.0407. The smallest absolute Gasteiger partial charge is 0.262 e. The number of benzene rings is 2. The van der Waals surface area contributed by atoms with Crippen LogP contribution in [0.5, 0.6) is 5.75 Å². The van der Waals surface area contributed by atoms with Crippen LogP contribution >= 0.6 is 27.5 Å². The van der Waals surface area contributed by atoms with Gasteiger partial charge in [0.2, 0.25) is 0 Å². The van der Waals surface area contributed by atoms with E-state index in [0.29, 0.717) is 15.2 Å². The Morgan fingerprint density at radius 2 is 1.95 bits per heavy atom. The zero-order valence-corrected chi connectivity index (χ0v) is 13.9. The van der Waals surface area contributed by atoms with Gasteiger partial charge in [-0.15, -0.1) is 0 Å². The van der Waals surface area contributed by atoms with E-state index < -0.39 is 15.8 Å². The summed E-state index contributed by atoms with van der Waals surface area (Å²) < 4.78 is 45.7. The molecular formula is C13H10BrClFNO3S. The first-order chi connectivity index (χ1) is 9.83. The largest absolute Gasteiger partial charge is 0.497 e. The minimum absolute atomic E-state index is 0.0407. The molecule has 112 valence electrons. The van der Waals surface area contributed by atoms with Crippen molar-refractivity contribution in [1.29, 1.82) is 0 Å². The topological polar surface area (TPSA) is 55.4 Å². The van der Waals surface area contributed by atoms with Crippen LogP contribution < -0.4 is 9.46 Å². The molecule has 1 N–H and O–H groups in total. The fraction of sp³-hybridized carbons (Fsp3) is 0.0769.